The van der Waals surface area contributed by atoms with E-state index in [9.17, 15) is 4.39 Å². The molecule has 2 aromatic rings. The molecule has 110 valence electrons. The zero-order chi connectivity index (χ0) is 15.1. The first-order chi connectivity index (χ1) is 10.2. The van der Waals surface area contributed by atoms with E-state index in [0.29, 0.717) is 6.61 Å². The Balaban J connectivity index is 1.87. The van der Waals surface area contributed by atoms with Crippen LogP contribution >= 0.6 is 0 Å². The third-order valence-electron chi connectivity index (χ3n) is 3.27. The Kier molecular flexibility index (Phi) is 5.52. The van der Waals surface area contributed by atoms with Gasteiger partial charge in [-0.15, -0.1) is 0 Å². The first-order valence-corrected chi connectivity index (χ1v) is 7.00. The molecule has 0 heterocycles. The van der Waals surface area contributed by atoms with E-state index in [-0.39, 0.29) is 11.9 Å². The van der Waals surface area contributed by atoms with E-state index in [4.69, 9.17) is 4.74 Å². The van der Waals surface area contributed by atoms with Crippen LogP contribution in [0.1, 0.15) is 24.1 Å². The summed E-state index contributed by atoms with van der Waals surface area (Å²) in [7, 11) is 0. The molecule has 0 radical (unpaired) electrons. The van der Waals surface area contributed by atoms with E-state index in [0.717, 1.165) is 17.9 Å². The third-order valence-corrected chi connectivity index (χ3v) is 3.27. The molecule has 3 heteroatoms. The van der Waals surface area contributed by atoms with Crippen LogP contribution < -0.4 is 10.1 Å². The number of hydrogen-bond donors (Lipinski definition) is 1. The minimum atomic E-state index is -0.207. The molecule has 0 aromatic heterocycles. The molecular formula is C18H20FNO. The van der Waals surface area contributed by atoms with Crippen LogP contribution in [0.4, 0.5) is 4.39 Å². The second-order valence-corrected chi connectivity index (χ2v) is 4.90. The molecule has 0 saturated heterocycles. The number of halogens is 1. The van der Waals surface area contributed by atoms with E-state index >= 15 is 0 Å². The van der Waals surface area contributed by atoms with Crippen LogP contribution in [0.15, 0.2) is 61.2 Å². The molecule has 0 unspecified atom stereocenters. The van der Waals surface area contributed by atoms with Crippen molar-refractivity contribution in [1.29, 1.82) is 0 Å². The molecule has 0 fully saturated rings. The van der Waals surface area contributed by atoms with E-state index in [1.807, 2.05) is 24.3 Å². The van der Waals surface area contributed by atoms with Gasteiger partial charge in [0, 0.05) is 12.6 Å². The summed E-state index contributed by atoms with van der Waals surface area (Å²) in [6, 6.07) is 14.7. The van der Waals surface area contributed by atoms with Gasteiger partial charge >= 0.3 is 0 Å². The van der Waals surface area contributed by atoms with E-state index in [2.05, 4.69) is 18.8 Å². The fourth-order valence-electron chi connectivity index (χ4n) is 2.00. The standard InChI is InChI=1S/C18H20FNO/c1-3-12-21-18-10-4-15(5-11-18)13-20-14(2)16-6-8-17(19)9-7-16/h3-11,14,20H,1,12-13H2,2H3/t14-/m0/s1. The number of rotatable bonds is 7. The molecule has 2 aromatic carbocycles. The monoisotopic (exact) mass is 285 g/mol. The van der Waals surface area contributed by atoms with Gasteiger partial charge in [-0.3, -0.25) is 0 Å². The molecule has 0 aliphatic carbocycles. The Morgan fingerprint density at radius 1 is 1.14 bits per heavy atom. The van der Waals surface area contributed by atoms with Crippen LogP contribution in [0.2, 0.25) is 0 Å². The second-order valence-electron chi connectivity index (χ2n) is 4.90. The van der Waals surface area contributed by atoms with Crippen molar-refractivity contribution in [3.8, 4) is 5.75 Å². The van der Waals surface area contributed by atoms with E-state index in [1.165, 1.54) is 17.7 Å². The van der Waals surface area contributed by atoms with Gasteiger partial charge in [0.1, 0.15) is 18.2 Å². The van der Waals surface area contributed by atoms with Crippen molar-refractivity contribution in [2.75, 3.05) is 6.61 Å². The first-order valence-electron chi connectivity index (χ1n) is 7.00. The average molecular weight is 285 g/mol. The zero-order valence-electron chi connectivity index (χ0n) is 12.2. The molecule has 0 amide bonds. The Bertz CT molecular complexity index is 563. The quantitative estimate of drug-likeness (QED) is 0.768. The maximum atomic E-state index is 12.9. The predicted molar refractivity (Wildman–Crippen MR) is 83.8 cm³/mol. The van der Waals surface area contributed by atoms with Gasteiger partial charge in [-0.05, 0) is 42.3 Å². The number of hydrogen-bond acceptors (Lipinski definition) is 2. The first kappa shape index (κ1) is 15.3. The highest BCUT2D eigenvalue weighted by Gasteiger charge is 2.05. The topological polar surface area (TPSA) is 21.3 Å². The van der Waals surface area contributed by atoms with Gasteiger partial charge < -0.3 is 10.1 Å². The summed E-state index contributed by atoms with van der Waals surface area (Å²) in [6.45, 7) is 6.95. The largest absolute Gasteiger partial charge is 0.490 e. The number of ether oxygens (including phenoxy) is 1. The van der Waals surface area contributed by atoms with Gasteiger partial charge in [-0.1, -0.05) is 36.9 Å². The van der Waals surface area contributed by atoms with Crippen LogP contribution in [0.25, 0.3) is 0 Å². The van der Waals surface area contributed by atoms with Crippen LogP contribution in [0, 0.1) is 5.82 Å². The van der Waals surface area contributed by atoms with Crippen LogP contribution in [0.3, 0.4) is 0 Å². The summed E-state index contributed by atoms with van der Waals surface area (Å²) in [5, 5.41) is 3.42. The smallest absolute Gasteiger partial charge is 0.123 e. The summed E-state index contributed by atoms with van der Waals surface area (Å²) in [6.07, 6.45) is 1.72. The third kappa shape index (κ3) is 4.72. The molecule has 21 heavy (non-hydrogen) atoms. The number of nitrogens with one attached hydrogen (secondary N) is 1. The van der Waals surface area contributed by atoms with Gasteiger partial charge in [-0.2, -0.15) is 0 Å². The Morgan fingerprint density at radius 3 is 2.43 bits per heavy atom. The summed E-state index contributed by atoms with van der Waals surface area (Å²) in [5.74, 6) is 0.631. The predicted octanol–water partition coefficient (Wildman–Crippen LogP) is 4.24. The van der Waals surface area contributed by atoms with Gasteiger partial charge in [0.25, 0.3) is 0 Å². The lowest BCUT2D eigenvalue weighted by molar-refractivity contribution is 0.363. The summed E-state index contributed by atoms with van der Waals surface area (Å²) in [5.41, 5.74) is 2.25. The maximum absolute atomic E-state index is 12.9. The second kappa shape index (κ2) is 7.60. The summed E-state index contributed by atoms with van der Waals surface area (Å²) in [4.78, 5) is 0. The molecule has 0 aliphatic rings. The van der Waals surface area contributed by atoms with Crippen LogP contribution in [-0.2, 0) is 6.54 Å². The van der Waals surface area contributed by atoms with Crippen LogP contribution in [0.5, 0.6) is 5.75 Å². The minimum Gasteiger partial charge on any atom is -0.490 e. The lowest BCUT2D eigenvalue weighted by Crippen LogP contribution is -2.18. The maximum Gasteiger partial charge on any atom is 0.123 e. The van der Waals surface area contributed by atoms with Crippen LogP contribution in [-0.4, -0.2) is 6.61 Å². The molecule has 0 aliphatic heterocycles. The van der Waals surface area contributed by atoms with Gasteiger partial charge in [0.05, 0.1) is 0 Å². The molecule has 2 rings (SSSR count). The highest BCUT2D eigenvalue weighted by atomic mass is 19.1. The minimum absolute atomic E-state index is 0.169. The normalized spacial score (nSPS) is 11.9. The fourth-order valence-corrected chi connectivity index (χ4v) is 2.00. The molecule has 1 N–H and O–H groups in total. The van der Waals surface area contributed by atoms with Gasteiger partial charge in [-0.25, -0.2) is 4.39 Å². The summed E-state index contributed by atoms with van der Waals surface area (Å²) < 4.78 is 18.3. The fraction of sp³-hybridized carbons (Fsp3) is 0.222. The summed E-state index contributed by atoms with van der Waals surface area (Å²) >= 11 is 0. The van der Waals surface area contributed by atoms with Crippen molar-refractivity contribution in [1.82, 2.24) is 5.32 Å². The van der Waals surface area contributed by atoms with Crippen molar-refractivity contribution >= 4 is 0 Å². The molecule has 0 bridgehead atoms. The number of benzene rings is 2. The van der Waals surface area contributed by atoms with Crippen molar-refractivity contribution < 1.29 is 9.13 Å². The molecular weight excluding hydrogens is 265 g/mol. The molecule has 2 nitrogen and oxygen atoms in total. The Labute approximate surface area is 125 Å². The van der Waals surface area contributed by atoms with Crippen molar-refractivity contribution in [2.45, 2.75) is 19.5 Å². The Hall–Kier alpha value is -2.13. The van der Waals surface area contributed by atoms with Crippen molar-refractivity contribution in [3.05, 3.63) is 78.1 Å². The highest BCUT2D eigenvalue weighted by molar-refractivity contribution is 5.27. The molecule has 0 saturated carbocycles. The lowest BCUT2D eigenvalue weighted by atomic mass is 10.1. The highest BCUT2D eigenvalue weighted by Crippen LogP contribution is 2.15. The lowest BCUT2D eigenvalue weighted by Gasteiger charge is -2.14. The average Bonchev–Trinajstić information content (AvgIpc) is 2.52. The van der Waals surface area contributed by atoms with E-state index in [1.54, 1.807) is 18.2 Å². The molecule has 0 spiro atoms. The zero-order valence-corrected chi connectivity index (χ0v) is 12.2. The molecule has 1 atom stereocenters. The SMILES string of the molecule is C=CCOc1ccc(CN[C@@H](C)c2ccc(F)cc2)cc1. The van der Waals surface area contributed by atoms with Gasteiger partial charge in [0.2, 0.25) is 0 Å². The van der Waals surface area contributed by atoms with Gasteiger partial charge in [0.15, 0.2) is 0 Å². The van der Waals surface area contributed by atoms with Crippen molar-refractivity contribution in [2.24, 2.45) is 0 Å². The van der Waals surface area contributed by atoms with E-state index < -0.39 is 0 Å². The van der Waals surface area contributed by atoms with Crippen molar-refractivity contribution in [3.63, 3.8) is 0 Å². The Morgan fingerprint density at radius 2 is 1.81 bits per heavy atom.